The second-order valence-electron chi connectivity index (χ2n) is 8.44. The summed E-state index contributed by atoms with van der Waals surface area (Å²) in [7, 11) is 3.53. The highest BCUT2D eigenvalue weighted by Crippen LogP contribution is 2.32. The number of benzene rings is 2. The molecule has 5 rings (SSSR count). The fraction of sp³-hybridized carbons (Fsp3) is 0.269. The Labute approximate surface area is 187 Å². The van der Waals surface area contributed by atoms with Gasteiger partial charge in [0.25, 0.3) is 5.91 Å². The van der Waals surface area contributed by atoms with Gasteiger partial charge < -0.3 is 9.64 Å². The van der Waals surface area contributed by atoms with Crippen molar-refractivity contribution in [2.45, 2.75) is 19.8 Å². The number of ether oxygens (including phenoxy) is 1. The molecule has 0 spiro atoms. The molecule has 1 aliphatic rings. The first-order valence-electron chi connectivity index (χ1n) is 10.9. The Morgan fingerprint density at radius 3 is 2.50 bits per heavy atom. The van der Waals surface area contributed by atoms with E-state index in [0.29, 0.717) is 17.1 Å². The van der Waals surface area contributed by atoms with Crippen LogP contribution in [-0.4, -0.2) is 46.3 Å². The zero-order valence-corrected chi connectivity index (χ0v) is 18.6. The summed E-state index contributed by atoms with van der Waals surface area (Å²) in [4.78, 5) is 20.3. The highest BCUT2D eigenvalue weighted by Gasteiger charge is 2.28. The Kier molecular flexibility index (Phi) is 5.13. The van der Waals surface area contributed by atoms with Gasteiger partial charge >= 0.3 is 0 Å². The Hall–Kier alpha value is -3.67. The number of hydrogen-bond acceptors (Lipinski definition) is 4. The number of carbonyl (C=O) groups is 1. The van der Waals surface area contributed by atoms with Crippen LogP contribution in [-0.2, 0) is 0 Å². The topological polar surface area (TPSA) is 60.2 Å². The highest BCUT2D eigenvalue weighted by atomic mass is 16.5. The first kappa shape index (κ1) is 20.2. The predicted molar refractivity (Wildman–Crippen MR) is 125 cm³/mol. The van der Waals surface area contributed by atoms with Gasteiger partial charge in [-0.05, 0) is 68.1 Å². The maximum Gasteiger partial charge on any atom is 0.254 e. The standard InChI is InChI=1S/C26H26N4O2/c1-17-24-22(26(31)29(2)16-18-9-10-18)15-23(19-11-13-21(32-3)14-12-19)27-25(24)30(28-17)20-7-5-4-6-8-20/h4-8,11-15,18H,9-10,16H2,1-3H3. The molecular formula is C26H26N4O2. The second kappa shape index (κ2) is 8.11. The second-order valence-corrected chi connectivity index (χ2v) is 8.44. The minimum Gasteiger partial charge on any atom is -0.497 e. The molecule has 0 unspecified atom stereocenters. The summed E-state index contributed by atoms with van der Waals surface area (Å²) < 4.78 is 7.13. The van der Waals surface area contributed by atoms with Crippen molar-refractivity contribution in [2.24, 2.45) is 5.92 Å². The van der Waals surface area contributed by atoms with E-state index in [-0.39, 0.29) is 5.91 Å². The van der Waals surface area contributed by atoms with E-state index in [4.69, 9.17) is 14.8 Å². The van der Waals surface area contributed by atoms with E-state index < -0.39 is 0 Å². The Balaban J connectivity index is 1.70. The number of nitrogens with zero attached hydrogens (tertiary/aromatic N) is 4. The average Bonchev–Trinajstić information content (AvgIpc) is 3.59. The Morgan fingerprint density at radius 2 is 1.84 bits per heavy atom. The van der Waals surface area contributed by atoms with Gasteiger partial charge in [0.15, 0.2) is 5.65 Å². The van der Waals surface area contributed by atoms with Gasteiger partial charge in [-0.3, -0.25) is 4.79 Å². The van der Waals surface area contributed by atoms with Crippen molar-refractivity contribution in [3.8, 4) is 22.7 Å². The maximum atomic E-state index is 13.5. The molecule has 1 amide bonds. The van der Waals surface area contributed by atoms with Crippen LogP contribution >= 0.6 is 0 Å². The van der Waals surface area contributed by atoms with E-state index in [9.17, 15) is 4.79 Å². The van der Waals surface area contributed by atoms with Crippen LogP contribution in [0.5, 0.6) is 5.75 Å². The van der Waals surface area contributed by atoms with Crippen molar-refractivity contribution >= 4 is 16.9 Å². The van der Waals surface area contributed by atoms with E-state index in [2.05, 4.69) is 0 Å². The number of fused-ring (bicyclic) bond motifs is 1. The number of pyridine rings is 1. The molecule has 1 aliphatic carbocycles. The summed E-state index contributed by atoms with van der Waals surface area (Å²) in [5.74, 6) is 1.41. The van der Waals surface area contributed by atoms with Crippen LogP contribution in [0.1, 0.15) is 28.9 Å². The van der Waals surface area contributed by atoms with Gasteiger partial charge in [0.1, 0.15) is 5.75 Å². The maximum absolute atomic E-state index is 13.5. The molecule has 0 radical (unpaired) electrons. The van der Waals surface area contributed by atoms with Crippen LogP contribution in [0, 0.1) is 12.8 Å². The highest BCUT2D eigenvalue weighted by molar-refractivity contribution is 6.07. The number of carbonyl (C=O) groups excluding carboxylic acids is 1. The molecule has 2 heterocycles. The normalized spacial score (nSPS) is 13.3. The van der Waals surface area contributed by atoms with E-state index in [1.54, 1.807) is 7.11 Å². The van der Waals surface area contributed by atoms with E-state index in [1.807, 2.05) is 84.2 Å². The SMILES string of the molecule is COc1ccc(-c2cc(C(=O)N(C)CC3CC3)c3c(C)nn(-c4ccccc4)c3n2)cc1. The summed E-state index contributed by atoms with van der Waals surface area (Å²) in [6, 6.07) is 19.5. The number of hydrogen-bond donors (Lipinski definition) is 0. The summed E-state index contributed by atoms with van der Waals surface area (Å²) in [5.41, 5.74) is 4.69. The third-order valence-electron chi connectivity index (χ3n) is 6.01. The summed E-state index contributed by atoms with van der Waals surface area (Å²) in [6.07, 6.45) is 2.40. The van der Waals surface area contributed by atoms with Crippen LogP contribution in [0.4, 0.5) is 0 Å². The number of aryl methyl sites for hydroxylation is 1. The third-order valence-corrected chi connectivity index (χ3v) is 6.01. The minimum atomic E-state index is 0.00905. The van der Waals surface area contributed by atoms with Crippen molar-refractivity contribution < 1.29 is 9.53 Å². The largest absolute Gasteiger partial charge is 0.497 e. The molecule has 1 saturated carbocycles. The molecule has 162 valence electrons. The van der Waals surface area contributed by atoms with Gasteiger partial charge in [0.2, 0.25) is 0 Å². The molecule has 0 N–H and O–H groups in total. The molecule has 32 heavy (non-hydrogen) atoms. The first-order valence-corrected chi connectivity index (χ1v) is 10.9. The lowest BCUT2D eigenvalue weighted by Gasteiger charge is -2.18. The van der Waals surface area contributed by atoms with Crippen molar-refractivity contribution in [3.05, 3.63) is 71.9 Å². The van der Waals surface area contributed by atoms with Crippen LogP contribution in [0.15, 0.2) is 60.7 Å². The molecular weight excluding hydrogens is 400 g/mol. The summed E-state index contributed by atoms with van der Waals surface area (Å²) >= 11 is 0. The number of amides is 1. The van der Waals surface area contributed by atoms with E-state index in [0.717, 1.165) is 40.3 Å². The van der Waals surface area contributed by atoms with Crippen LogP contribution in [0.3, 0.4) is 0 Å². The number of para-hydroxylation sites is 1. The van der Waals surface area contributed by atoms with Crippen LogP contribution in [0.25, 0.3) is 28.0 Å². The lowest BCUT2D eigenvalue weighted by molar-refractivity contribution is 0.0790. The lowest BCUT2D eigenvalue weighted by Crippen LogP contribution is -2.29. The molecule has 0 bridgehead atoms. The van der Waals surface area contributed by atoms with Crippen molar-refractivity contribution in [1.29, 1.82) is 0 Å². The van der Waals surface area contributed by atoms with Gasteiger partial charge in [0.05, 0.1) is 35.1 Å². The van der Waals surface area contributed by atoms with Crippen molar-refractivity contribution in [1.82, 2.24) is 19.7 Å². The summed E-state index contributed by atoms with van der Waals surface area (Å²) in [5, 5.41) is 5.57. The number of rotatable bonds is 6. The first-order chi connectivity index (χ1) is 15.5. The van der Waals surface area contributed by atoms with E-state index in [1.165, 1.54) is 12.8 Å². The van der Waals surface area contributed by atoms with E-state index >= 15 is 0 Å². The fourth-order valence-electron chi connectivity index (χ4n) is 4.09. The Bertz CT molecular complexity index is 1270. The lowest BCUT2D eigenvalue weighted by atomic mass is 10.0. The van der Waals surface area contributed by atoms with Gasteiger partial charge in [-0.15, -0.1) is 0 Å². The smallest absolute Gasteiger partial charge is 0.254 e. The van der Waals surface area contributed by atoms with Gasteiger partial charge in [-0.1, -0.05) is 18.2 Å². The van der Waals surface area contributed by atoms with Crippen LogP contribution in [0.2, 0.25) is 0 Å². The molecule has 2 aromatic heterocycles. The van der Waals surface area contributed by atoms with Crippen LogP contribution < -0.4 is 4.74 Å². The average molecular weight is 427 g/mol. The number of aromatic nitrogens is 3. The summed E-state index contributed by atoms with van der Waals surface area (Å²) in [6.45, 7) is 2.72. The third kappa shape index (κ3) is 3.73. The number of methoxy groups -OCH3 is 1. The monoisotopic (exact) mass is 426 g/mol. The van der Waals surface area contributed by atoms with Crippen molar-refractivity contribution in [2.75, 3.05) is 20.7 Å². The molecule has 6 heteroatoms. The van der Waals surface area contributed by atoms with Gasteiger partial charge in [-0.2, -0.15) is 5.10 Å². The Morgan fingerprint density at radius 1 is 1.12 bits per heavy atom. The van der Waals surface area contributed by atoms with Gasteiger partial charge in [0, 0.05) is 19.2 Å². The van der Waals surface area contributed by atoms with Crippen molar-refractivity contribution in [3.63, 3.8) is 0 Å². The van der Waals surface area contributed by atoms with Gasteiger partial charge in [-0.25, -0.2) is 9.67 Å². The molecule has 0 saturated heterocycles. The minimum absolute atomic E-state index is 0.00905. The zero-order chi connectivity index (χ0) is 22.2. The fourth-order valence-corrected chi connectivity index (χ4v) is 4.09. The molecule has 0 aliphatic heterocycles. The molecule has 4 aromatic rings. The molecule has 1 fully saturated rings. The molecule has 0 atom stereocenters. The molecule has 2 aromatic carbocycles. The zero-order valence-electron chi connectivity index (χ0n) is 18.6. The quantitative estimate of drug-likeness (QED) is 0.441. The predicted octanol–water partition coefficient (Wildman–Crippen LogP) is 4.89. The molecule has 6 nitrogen and oxygen atoms in total.